The third-order valence-corrected chi connectivity index (χ3v) is 1.40. The molecule has 1 N–H and O–H groups in total. The molecule has 2 nitrogen and oxygen atoms in total. The Bertz CT molecular complexity index is 88.1. The number of thioether (sulfide) groups is 1. The first kappa shape index (κ1) is 8.04. The molecule has 0 saturated carbocycles. The van der Waals surface area contributed by atoms with E-state index >= 15 is 0 Å². The Balaban J connectivity index is 3.24. The molecule has 0 aromatic heterocycles. The molecule has 2 radical (unpaired) electrons. The Kier molecular flexibility index (Phi) is 4.00. The predicted octanol–water partition coefficient (Wildman–Crippen LogP) is 0.815. The number of hydrogen-bond acceptors (Lipinski definition) is 3. The van der Waals surface area contributed by atoms with Gasteiger partial charge < -0.3 is 10.1 Å². The lowest BCUT2D eigenvalue weighted by atomic mass is 10.2. The van der Waals surface area contributed by atoms with Crippen LogP contribution in [0, 0.1) is 5.41 Å². The Hall–Kier alpha value is 0.0449. The normalized spacial score (nSPS) is 13.2. The molecule has 4 heteroatoms. The summed E-state index contributed by atoms with van der Waals surface area (Å²) in [7, 11) is 6.62. The Morgan fingerprint density at radius 1 is 1.88 bits per heavy atom. The standard InChI is InChI=1S/C4H8BNOS/c1-3(7-2)8-4(5)6/h3,6H,1-2H3. The van der Waals surface area contributed by atoms with E-state index in [1.54, 1.807) is 7.11 Å². The van der Waals surface area contributed by atoms with Gasteiger partial charge in [0.05, 0.1) is 0 Å². The summed E-state index contributed by atoms with van der Waals surface area (Å²) >= 11 is 1.19. The van der Waals surface area contributed by atoms with Crippen LogP contribution in [-0.4, -0.2) is 25.3 Å². The second kappa shape index (κ2) is 3.98. The summed E-state index contributed by atoms with van der Waals surface area (Å²) in [5.41, 5.74) is -0.00694. The summed E-state index contributed by atoms with van der Waals surface area (Å²) in [6.45, 7) is 1.84. The summed E-state index contributed by atoms with van der Waals surface area (Å²) in [6.07, 6.45) is 0. The van der Waals surface area contributed by atoms with Crippen LogP contribution in [0.5, 0.6) is 0 Å². The fourth-order valence-corrected chi connectivity index (χ4v) is 0.681. The van der Waals surface area contributed by atoms with Crippen molar-refractivity contribution < 1.29 is 4.74 Å². The van der Waals surface area contributed by atoms with E-state index in [0.717, 1.165) is 0 Å². The van der Waals surface area contributed by atoms with E-state index in [2.05, 4.69) is 0 Å². The number of ether oxygens (including phenoxy) is 1. The predicted molar refractivity (Wildman–Crippen MR) is 37.5 cm³/mol. The topological polar surface area (TPSA) is 33.1 Å². The van der Waals surface area contributed by atoms with E-state index in [9.17, 15) is 0 Å². The Morgan fingerprint density at radius 2 is 2.38 bits per heavy atom. The van der Waals surface area contributed by atoms with Crippen molar-refractivity contribution in [2.24, 2.45) is 0 Å². The van der Waals surface area contributed by atoms with E-state index in [4.69, 9.17) is 18.0 Å². The third kappa shape index (κ3) is 4.21. The first-order valence-corrected chi connectivity index (χ1v) is 3.08. The number of methoxy groups -OCH3 is 1. The van der Waals surface area contributed by atoms with Crippen LogP contribution in [0.2, 0.25) is 0 Å². The van der Waals surface area contributed by atoms with E-state index in [1.807, 2.05) is 6.92 Å². The summed E-state index contributed by atoms with van der Waals surface area (Å²) in [5.74, 6) is 0. The number of hydrogen-bond donors (Lipinski definition) is 1. The van der Waals surface area contributed by atoms with Crippen molar-refractivity contribution in [2.45, 2.75) is 12.4 Å². The molecule has 0 aliphatic heterocycles. The van der Waals surface area contributed by atoms with Gasteiger partial charge in [0.15, 0.2) is 7.85 Å². The molecule has 0 saturated heterocycles. The maximum atomic E-state index is 6.79. The van der Waals surface area contributed by atoms with Gasteiger partial charge in [0.25, 0.3) is 0 Å². The zero-order valence-electron chi connectivity index (χ0n) is 4.97. The summed E-state index contributed by atoms with van der Waals surface area (Å²) < 4.78 is 4.80. The van der Waals surface area contributed by atoms with Crippen LogP contribution in [0.1, 0.15) is 6.92 Å². The first-order chi connectivity index (χ1) is 3.66. The molecule has 0 rings (SSSR count). The van der Waals surface area contributed by atoms with Crippen molar-refractivity contribution in [2.75, 3.05) is 7.11 Å². The smallest absolute Gasteiger partial charge is 0.150 e. The minimum absolute atomic E-state index is 0.00694. The molecule has 44 valence electrons. The number of nitrogens with one attached hydrogen (secondary N) is 1. The van der Waals surface area contributed by atoms with Crippen LogP contribution in [-0.2, 0) is 4.74 Å². The SMILES string of the molecule is [B]C(=N)SC(C)OC. The summed E-state index contributed by atoms with van der Waals surface area (Å²) in [6, 6.07) is 0. The van der Waals surface area contributed by atoms with Crippen molar-refractivity contribution in [3.8, 4) is 0 Å². The molecule has 0 fully saturated rings. The van der Waals surface area contributed by atoms with Gasteiger partial charge in [-0.3, -0.25) is 0 Å². The average molecular weight is 129 g/mol. The highest BCUT2D eigenvalue weighted by Gasteiger charge is 1.97. The fourth-order valence-electron chi connectivity index (χ4n) is 0.227. The summed E-state index contributed by atoms with van der Waals surface area (Å²) in [4.78, 5) is 0.0966. The second-order valence-corrected chi connectivity index (χ2v) is 2.62. The largest absolute Gasteiger partial charge is 0.371 e. The van der Waals surface area contributed by atoms with Crippen molar-refractivity contribution in [1.82, 2.24) is 0 Å². The zero-order chi connectivity index (χ0) is 6.57. The molecule has 0 spiro atoms. The monoisotopic (exact) mass is 129 g/mol. The van der Waals surface area contributed by atoms with Gasteiger partial charge >= 0.3 is 0 Å². The highest BCUT2D eigenvalue weighted by Crippen LogP contribution is 2.08. The molecule has 0 heterocycles. The van der Waals surface area contributed by atoms with Crippen LogP contribution in [0.4, 0.5) is 0 Å². The molecule has 0 aromatic rings. The van der Waals surface area contributed by atoms with Crippen molar-refractivity contribution in [1.29, 1.82) is 5.41 Å². The summed E-state index contributed by atoms with van der Waals surface area (Å²) in [5, 5.41) is 6.79. The molecule has 8 heavy (non-hydrogen) atoms. The molecule has 0 aliphatic carbocycles. The molecular formula is C4H8BNOS. The third-order valence-electron chi connectivity index (χ3n) is 0.625. The molecule has 0 amide bonds. The van der Waals surface area contributed by atoms with Crippen LogP contribution in [0.25, 0.3) is 0 Å². The van der Waals surface area contributed by atoms with Gasteiger partial charge in [-0.25, -0.2) is 0 Å². The second-order valence-electron chi connectivity index (χ2n) is 1.29. The lowest BCUT2D eigenvalue weighted by Crippen LogP contribution is -2.02. The quantitative estimate of drug-likeness (QED) is 0.259. The highest BCUT2D eigenvalue weighted by atomic mass is 32.2. The fraction of sp³-hybridized carbons (Fsp3) is 0.750. The maximum absolute atomic E-state index is 6.79. The molecule has 1 unspecified atom stereocenters. The van der Waals surface area contributed by atoms with Crippen LogP contribution < -0.4 is 0 Å². The highest BCUT2D eigenvalue weighted by molar-refractivity contribution is 8.16. The average Bonchev–Trinajstić information content (AvgIpc) is 1.65. The van der Waals surface area contributed by atoms with E-state index in [0.29, 0.717) is 0 Å². The van der Waals surface area contributed by atoms with E-state index in [-0.39, 0.29) is 10.4 Å². The lowest BCUT2D eigenvalue weighted by Gasteiger charge is -2.05. The van der Waals surface area contributed by atoms with Gasteiger partial charge in [-0.1, -0.05) is 11.8 Å². The molecule has 0 aliphatic rings. The minimum Gasteiger partial charge on any atom is -0.371 e. The van der Waals surface area contributed by atoms with Gasteiger partial charge in [-0.2, -0.15) is 0 Å². The van der Waals surface area contributed by atoms with Crippen LogP contribution in [0.3, 0.4) is 0 Å². The van der Waals surface area contributed by atoms with Crippen molar-refractivity contribution in [3.63, 3.8) is 0 Å². The van der Waals surface area contributed by atoms with Gasteiger partial charge in [-0.15, -0.1) is 0 Å². The van der Waals surface area contributed by atoms with Gasteiger partial charge in [0.2, 0.25) is 0 Å². The van der Waals surface area contributed by atoms with E-state index in [1.165, 1.54) is 11.8 Å². The lowest BCUT2D eigenvalue weighted by molar-refractivity contribution is 0.188. The maximum Gasteiger partial charge on any atom is 0.150 e. The Morgan fingerprint density at radius 3 is 2.50 bits per heavy atom. The van der Waals surface area contributed by atoms with Crippen LogP contribution in [0.15, 0.2) is 0 Å². The van der Waals surface area contributed by atoms with Gasteiger partial charge in [-0.05, 0) is 6.92 Å². The first-order valence-electron chi connectivity index (χ1n) is 2.20. The Labute approximate surface area is 54.9 Å². The van der Waals surface area contributed by atoms with Gasteiger partial charge in [0.1, 0.15) is 5.44 Å². The molecule has 1 atom stereocenters. The van der Waals surface area contributed by atoms with E-state index < -0.39 is 0 Å². The molecule has 0 aromatic carbocycles. The van der Waals surface area contributed by atoms with Crippen molar-refractivity contribution in [3.05, 3.63) is 0 Å². The zero-order valence-corrected chi connectivity index (χ0v) is 5.79. The number of rotatable bonds is 2. The van der Waals surface area contributed by atoms with Crippen molar-refractivity contribution >= 4 is 24.6 Å². The minimum atomic E-state index is -0.00694. The van der Waals surface area contributed by atoms with Gasteiger partial charge in [0, 0.05) is 12.1 Å². The molecule has 0 bridgehead atoms. The molecular weight excluding hydrogens is 121 g/mol. The van der Waals surface area contributed by atoms with Crippen LogP contribution >= 0.6 is 11.8 Å².